The molecule has 0 atom stereocenters. The first kappa shape index (κ1) is 21.9. The van der Waals surface area contributed by atoms with Gasteiger partial charge in [0.1, 0.15) is 18.1 Å². The molecule has 0 saturated carbocycles. The van der Waals surface area contributed by atoms with E-state index in [0.29, 0.717) is 28.8 Å². The molecule has 158 valence electrons. The third-order valence-electron chi connectivity index (χ3n) is 4.11. The molecule has 0 aliphatic carbocycles. The molecular weight excluding hydrogens is 418 g/mol. The number of rotatable bonds is 7. The lowest BCUT2D eigenvalue weighted by molar-refractivity contribution is -0.136. The summed E-state index contributed by atoms with van der Waals surface area (Å²) in [5, 5.41) is 6.96. The van der Waals surface area contributed by atoms with E-state index < -0.39 is 11.8 Å². The number of anilines is 1. The zero-order chi connectivity index (χ0) is 22.1. The van der Waals surface area contributed by atoms with Gasteiger partial charge in [-0.25, -0.2) is 5.43 Å². The second-order valence-electron chi connectivity index (χ2n) is 6.37. The second kappa shape index (κ2) is 10.8. The van der Waals surface area contributed by atoms with Crippen molar-refractivity contribution in [2.75, 3.05) is 12.4 Å². The van der Waals surface area contributed by atoms with Crippen LogP contribution in [-0.4, -0.2) is 25.1 Å². The highest BCUT2D eigenvalue weighted by atomic mass is 35.5. The summed E-state index contributed by atoms with van der Waals surface area (Å²) in [5.41, 5.74) is 4.37. The Balaban J connectivity index is 1.46. The predicted molar refractivity (Wildman–Crippen MR) is 120 cm³/mol. The van der Waals surface area contributed by atoms with E-state index in [4.69, 9.17) is 21.1 Å². The Labute approximate surface area is 184 Å². The van der Waals surface area contributed by atoms with Crippen molar-refractivity contribution in [3.63, 3.8) is 0 Å². The summed E-state index contributed by atoms with van der Waals surface area (Å²) in [6.45, 7) is 0.420. The molecule has 0 heterocycles. The fourth-order valence-electron chi connectivity index (χ4n) is 2.50. The fourth-order valence-corrected chi connectivity index (χ4v) is 2.63. The van der Waals surface area contributed by atoms with E-state index in [-0.39, 0.29) is 0 Å². The number of hydrogen-bond acceptors (Lipinski definition) is 5. The maximum absolute atomic E-state index is 11.9. The number of carbonyl (C=O) groups is 2. The predicted octanol–water partition coefficient (Wildman–Crippen LogP) is 4.02. The van der Waals surface area contributed by atoms with Gasteiger partial charge in [-0.2, -0.15) is 5.10 Å². The smallest absolute Gasteiger partial charge is 0.329 e. The molecular formula is C23H20ClN3O4. The average molecular weight is 438 g/mol. The summed E-state index contributed by atoms with van der Waals surface area (Å²) in [6, 6.07) is 21.2. The normalized spacial score (nSPS) is 10.5. The van der Waals surface area contributed by atoms with Gasteiger partial charge < -0.3 is 14.8 Å². The number of amides is 2. The second-order valence-corrected chi connectivity index (χ2v) is 6.81. The van der Waals surface area contributed by atoms with Crippen molar-refractivity contribution in [1.82, 2.24) is 5.43 Å². The van der Waals surface area contributed by atoms with E-state index in [1.54, 1.807) is 48.5 Å². The van der Waals surface area contributed by atoms with Crippen molar-refractivity contribution >= 4 is 35.3 Å². The third-order valence-corrected chi connectivity index (χ3v) is 4.36. The first-order valence-electron chi connectivity index (χ1n) is 9.29. The lowest BCUT2D eigenvalue weighted by Gasteiger charge is -2.07. The monoisotopic (exact) mass is 437 g/mol. The summed E-state index contributed by atoms with van der Waals surface area (Å²) >= 11 is 5.87. The standard InChI is InChI=1S/C23H20ClN3O4/c1-30-21-4-2-3-19(13-21)26-22(28)23(29)27-25-14-16-7-11-20(12-8-16)31-15-17-5-9-18(24)10-6-17/h2-14H,15H2,1H3,(H,26,28)(H,27,29). The number of nitrogens with zero attached hydrogens (tertiary/aromatic N) is 1. The lowest BCUT2D eigenvalue weighted by atomic mass is 10.2. The molecule has 0 spiro atoms. The molecule has 0 aliphatic heterocycles. The van der Waals surface area contributed by atoms with E-state index in [1.807, 2.05) is 24.3 Å². The fraction of sp³-hybridized carbons (Fsp3) is 0.0870. The van der Waals surface area contributed by atoms with Crippen LogP contribution in [0.1, 0.15) is 11.1 Å². The minimum absolute atomic E-state index is 0.420. The van der Waals surface area contributed by atoms with Crippen LogP contribution in [0.25, 0.3) is 0 Å². The SMILES string of the molecule is COc1cccc(NC(=O)C(=O)NN=Cc2ccc(OCc3ccc(Cl)cc3)cc2)c1. The van der Waals surface area contributed by atoms with Crippen molar-refractivity contribution < 1.29 is 19.1 Å². The Morgan fingerprint density at radius 3 is 2.42 bits per heavy atom. The van der Waals surface area contributed by atoms with Crippen molar-refractivity contribution in [1.29, 1.82) is 0 Å². The maximum atomic E-state index is 11.9. The molecule has 0 radical (unpaired) electrons. The van der Waals surface area contributed by atoms with Crippen LogP contribution < -0.4 is 20.2 Å². The Hall–Kier alpha value is -3.84. The van der Waals surface area contributed by atoms with Gasteiger partial charge in [0.15, 0.2) is 0 Å². The molecule has 7 nitrogen and oxygen atoms in total. The van der Waals surface area contributed by atoms with Crippen LogP contribution in [0.5, 0.6) is 11.5 Å². The van der Waals surface area contributed by atoms with Gasteiger partial charge in [-0.1, -0.05) is 29.8 Å². The summed E-state index contributed by atoms with van der Waals surface area (Å²) in [4.78, 5) is 23.8. The largest absolute Gasteiger partial charge is 0.497 e. The molecule has 3 rings (SSSR count). The number of hydrogen-bond donors (Lipinski definition) is 2. The van der Waals surface area contributed by atoms with Crippen molar-refractivity contribution in [2.45, 2.75) is 6.61 Å². The average Bonchev–Trinajstić information content (AvgIpc) is 2.79. The number of nitrogens with one attached hydrogen (secondary N) is 2. The lowest BCUT2D eigenvalue weighted by Crippen LogP contribution is -2.32. The maximum Gasteiger partial charge on any atom is 0.329 e. The number of hydrazone groups is 1. The van der Waals surface area contributed by atoms with E-state index in [9.17, 15) is 9.59 Å². The molecule has 2 amide bonds. The Kier molecular flexibility index (Phi) is 7.61. The molecule has 0 aromatic heterocycles. The minimum Gasteiger partial charge on any atom is -0.497 e. The van der Waals surface area contributed by atoms with Gasteiger partial charge in [0.25, 0.3) is 0 Å². The molecule has 0 saturated heterocycles. The van der Waals surface area contributed by atoms with Crippen molar-refractivity contribution in [3.05, 3.63) is 88.9 Å². The molecule has 0 fully saturated rings. The number of halogens is 1. The van der Waals surface area contributed by atoms with Crippen LogP contribution >= 0.6 is 11.6 Å². The van der Waals surface area contributed by atoms with Crippen molar-refractivity contribution in [2.24, 2.45) is 5.10 Å². The molecule has 0 unspecified atom stereocenters. The van der Waals surface area contributed by atoms with Gasteiger partial charge in [-0.3, -0.25) is 9.59 Å². The van der Waals surface area contributed by atoms with Gasteiger partial charge in [0.2, 0.25) is 0 Å². The summed E-state index contributed by atoms with van der Waals surface area (Å²) in [6.07, 6.45) is 1.43. The summed E-state index contributed by atoms with van der Waals surface area (Å²) < 4.78 is 10.8. The van der Waals surface area contributed by atoms with Gasteiger partial charge in [0.05, 0.1) is 13.3 Å². The van der Waals surface area contributed by atoms with Crippen LogP contribution in [-0.2, 0) is 16.2 Å². The highest BCUT2D eigenvalue weighted by Crippen LogP contribution is 2.17. The van der Waals surface area contributed by atoms with Crippen molar-refractivity contribution in [3.8, 4) is 11.5 Å². The molecule has 0 bridgehead atoms. The van der Waals surface area contributed by atoms with Gasteiger partial charge in [-0.15, -0.1) is 0 Å². The highest BCUT2D eigenvalue weighted by molar-refractivity contribution is 6.39. The topological polar surface area (TPSA) is 89.0 Å². The molecule has 3 aromatic rings. The van der Waals surface area contributed by atoms with Crippen LogP contribution in [0.2, 0.25) is 5.02 Å². The number of ether oxygens (including phenoxy) is 2. The van der Waals surface area contributed by atoms with Crippen LogP contribution in [0.4, 0.5) is 5.69 Å². The zero-order valence-electron chi connectivity index (χ0n) is 16.7. The van der Waals surface area contributed by atoms with E-state index in [0.717, 1.165) is 11.1 Å². The van der Waals surface area contributed by atoms with Crippen LogP contribution in [0.3, 0.4) is 0 Å². The Morgan fingerprint density at radius 2 is 1.71 bits per heavy atom. The Morgan fingerprint density at radius 1 is 0.968 bits per heavy atom. The summed E-state index contributed by atoms with van der Waals surface area (Å²) in [7, 11) is 1.51. The molecule has 8 heteroatoms. The summed E-state index contributed by atoms with van der Waals surface area (Å²) in [5.74, 6) is -0.469. The first-order valence-corrected chi connectivity index (χ1v) is 9.67. The van der Waals surface area contributed by atoms with E-state index >= 15 is 0 Å². The van der Waals surface area contributed by atoms with Crippen LogP contribution in [0.15, 0.2) is 77.9 Å². The highest BCUT2D eigenvalue weighted by Gasteiger charge is 2.13. The number of methoxy groups -OCH3 is 1. The zero-order valence-corrected chi connectivity index (χ0v) is 17.4. The molecule has 31 heavy (non-hydrogen) atoms. The minimum atomic E-state index is -0.887. The van der Waals surface area contributed by atoms with Gasteiger partial charge >= 0.3 is 11.8 Å². The molecule has 0 aliphatic rings. The Bertz CT molecular complexity index is 1070. The van der Waals surface area contributed by atoms with Gasteiger partial charge in [0, 0.05) is 16.8 Å². The molecule has 2 N–H and O–H groups in total. The van der Waals surface area contributed by atoms with Crippen LogP contribution in [0, 0.1) is 0 Å². The van der Waals surface area contributed by atoms with E-state index in [2.05, 4.69) is 15.8 Å². The quantitative estimate of drug-likeness (QED) is 0.332. The van der Waals surface area contributed by atoms with Gasteiger partial charge in [-0.05, 0) is 59.7 Å². The first-order chi connectivity index (χ1) is 15.0. The van der Waals surface area contributed by atoms with E-state index in [1.165, 1.54) is 13.3 Å². The molecule has 3 aromatic carbocycles. The third kappa shape index (κ3) is 6.87. The number of benzene rings is 3. The number of carbonyl (C=O) groups excluding carboxylic acids is 2.